The van der Waals surface area contributed by atoms with E-state index < -0.39 is 0 Å². The topological polar surface area (TPSA) is 13.0 Å². The summed E-state index contributed by atoms with van der Waals surface area (Å²) in [6.07, 6.45) is 14.0. The maximum Gasteiger partial charge on any atom is 0.252 e. The van der Waals surface area contributed by atoms with Crippen molar-refractivity contribution in [2.75, 3.05) is 19.6 Å². The standard InChI is InChI=1S/C88H103BN4/c1-79(2)39-41-81(5,6)64-47-59(31-34-62(64)79)91-74-54-68-66(83(9,10)43-45-85(68,13)14)52-71(74)89-72-53-67-69(86(15,16)46-44-84(67,11)12)55-75(72)92(60-32-35-63-65(48-60)82(7,8)42-40-80(63,3)4)77-51-61(50-76(91)78(77)89)93-73-36-33-58(49-70(73)87(17)37-25-26-38-88(87,93)18)90(56-27-21-19-22-28-56)57-29-23-20-24-30-57/h19-24,27-36,47-55H,25-26,37-46H2,1-18H3. The van der Waals surface area contributed by atoms with Crippen molar-refractivity contribution < 1.29 is 0 Å². The number of benzene rings is 8. The molecule has 8 aromatic rings. The smallest absolute Gasteiger partial charge is 0.252 e. The van der Waals surface area contributed by atoms with Crippen LogP contribution in [0.5, 0.6) is 0 Å². The fourth-order valence-electron chi connectivity index (χ4n) is 20.1. The summed E-state index contributed by atoms with van der Waals surface area (Å²) < 4.78 is 0. The minimum absolute atomic E-state index is 0.000194. The number of para-hydroxylation sites is 2. The highest BCUT2D eigenvalue weighted by molar-refractivity contribution is 7.00. The normalized spacial score (nSPS) is 24.4. The molecule has 0 saturated heterocycles. The quantitative estimate of drug-likeness (QED) is 0.154. The molecule has 2 unspecified atom stereocenters. The minimum atomic E-state index is -0.238. The van der Waals surface area contributed by atoms with E-state index in [2.05, 4.69) is 296 Å². The third-order valence-electron chi connectivity index (χ3n) is 26.8. The molecule has 8 aliphatic rings. The molecule has 1 fully saturated rings. The van der Waals surface area contributed by atoms with Gasteiger partial charge in [-0.2, -0.15) is 0 Å². The lowest BCUT2D eigenvalue weighted by atomic mass is 9.32. The Balaban J connectivity index is 1.04. The predicted molar refractivity (Wildman–Crippen MR) is 399 cm³/mol. The summed E-state index contributed by atoms with van der Waals surface area (Å²) in [6, 6.07) is 61.7. The Labute approximate surface area is 559 Å². The summed E-state index contributed by atoms with van der Waals surface area (Å²) in [5, 5.41) is 0. The second kappa shape index (κ2) is 19.8. The zero-order valence-electron chi connectivity index (χ0n) is 59.8. The van der Waals surface area contributed by atoms with Gasteiger partial charge in [0, 0.05) is 68.0 Å². The monoisotopic (exact) mass is 1230 g/mol. The first-order valence-corrected chi connectivity index (χ1v) is 36.1. The van der Waals surface area contributed by atoms with Crippen LogP contribution in [0.15, 0.2) is 152 Å². The SMILES string of the molecule is CC1(C)CCC(C)(C)c2cc(N3c4cc5c(cc4B4c6cc7c(cc6N(c6ccc8c(c6)C(C)(C)CCC8(C)C)c6cc(N8c9ccc(N(c%10ccccc%10)c%10ccccc%10)cc9C9(C)CCCCC89C)cc3c64)C(C)(C)CCC7(C)C)C(C)(C)CCC5(C)C)ccc21. The minimum Gasteiger partial charge on any atom is -0.334 e. The van der Waals surface area contributed by atoms with Gasteiger partial charge < -0.3 is 19.6 Å². The van der Waals surface area contributed by atoms with E-state index in [-0.39, 0.29) is 61.0 Å². The highest BCUT2D eigenvalue weighted by Gasteiger charge is 2.59. The van der Waals surface area contributed by atoms with Gasteiger partial charge in [0.2, 0.25) is 0 Å². The zero-order chi connectivity index (χ0) is 65.3. The molecule has 16 rings (SSSR count). The average molecular weight is 1230 g/mol. The van der Waals surface area contributed by atoms with Crippen molar-refractivity contribution in [3.05, 3.63) is 202 Å². The summed E-state index contributed by atoms with van der Waals surface area (Å²) >= 11 is 0. The fourth-order valence-corrected chi connectivity index (χ4v) is 20.1. The molecule has 3 heterocycles. The van der Waals surface area contributed by atoms with Gasteiger partial charge in [-0.1, -0.05) is 191 Å². The maximum absolute atomic E-state index is 2.90. The van der Waals surface area contributed by atoms with E-state index in [1.807, 2.05) is 0 Å². The Hall–Kier alpha value is -6.98. The second-order valence-corrected chi connectivity index (χ2v) is 36.3. The summed E-state index contributed by atoms with van der Waals surface area (Å²) in [5.41, 5.74) is 31.8. The van der Waals surface area contributed by atoms with Crippen LogP contribution in [0.2, 0.25) is 0 Å². The van der Waals surface area contributed by atoms with Crippen LogP contribution in [0.3, 0.4) is 0 Å². The Morgan fingerprint density at radius 1 is 0.290 bits per heavy atom. The van der Waals surface area contributed by atoms with Crippen LogP contribution in [-0.4, -0.2) is 12.3 Å². The Kier molecular flexibility index (Phi) is 13.0. The first kappa shape index (κ1) is 60.9. The summed E-state index contributed by atoms with van der Waals surface area (Å²) in [5.74, 6) is 0. The van der Waals surface area contributed by atoms with Gasteiger partial charge in [-0.25, -0.2) is 0 Å². The average Bonchev–Trinajstić information content (AvgIpc) is 1.67. The molecule has 0 spiro atoms. The molecule has 0 bridgehead atoms. The third-order valence-corrected chi connectivity index (χ3v) is 26.8. The van der Waals surface area contributed by atoms with E-state index in [0.29, 0.717) is 0 Å². The van der Waals surface area contributed by atoms with E-state index in [4.69, 9.17) is 0 Å². The predicted octanol–water partition coefficient (Wildman–Crippen LogP) is 22.4. The largest absolute Gasteiger partial charge is 0.334 e. The van der Waals surface area contributed by atoms with E-state index in [1.54, 1.807) is 0 Å². The summed E-state index contributed by atoms with van der Waals surface area (Å²) in [4.78, 5) is 11.0. The molecule has 3 aliphatic heterocycles. The summed E-state index contributed by atoms with van der Waals surface area (Å²) in [7, 11) is 0. The molecule has 0 N–H and O–H groups in total. The van der Waals surface area contributed by atoms with Crippen LogP contribution in [0.1, 0.15) is 252 Å². The summed E-state index contributed by atoms with van der Waals surface area (Å²) in [6.45, 7) is 45.6. The molecule has 478 valence electrons. The van der Waals surface area contributed by atoms with Crippen LogP contribution in [-0.2, 0) is 48.7 Å². The molecule has 2 atom stereocenters. The van der Waals surface area contributed by atoms with Gasteiger partial charge in [-0.15, -0.1) is 0 Å². The first-order valence-electron chi connectivity index (χ1n) is 36.1. The molecule has 93 heavy (non-hydrogen) atoms. The number of hydrogen-bond donors (Lipinski definition) is 0. The Morgan fingerprint density at radius 3 is 1.09 bits per heavy atom. The fraction of sp³-hybridized carbons (Fsp3) is 0.455. The number of hydrogen-bond acceptors (Lipinski definition) is 4. The van der Waals surface area contributed by atoms with Crippen LogP contribution < -0.4 is 36.0 Å². The van der Waals surface area contributed by atoms with Gasteiger partial charge in [-0.05, 0) is 272 Å². The van der Waals surface area contributed by atoms with Crippen molar-refractivity contribution >= 4 is 85.7 Å². The number of anilines is 11. The van der Waals surface area contributed by atoms with Gasteiger partial charge in [0.25, 0.3) is 6.71 Å². The van der Waals surface area contributed by atoms with Crippen molar-refractivity contribution in [2.24, 2.45) is 0 Å². The van der Waals surface area contributed by atoms with Crippen LogP contribution in [0.25, 0.3) is 0 Å². The van der Waals surface area contributed by atoms with Gasteiger partial charge in [-0.3, -0.25) is 0 Å². The lowest BCUT2D eigenvalue weighted by molar-refractivity contribution is 0.195. The van der Waals surface area contributed by atoms with Crippen molar-refractivity contribution in [3.8, 4) is 0 Å². The van der Waals surface area contributed by atoms with Crippen molar-refractivity contribution in [1.29, 1.82) is 0 Å². The Bertz CT molecular complexity index is 4190. The Morgan fingerprint density at radius 2 is 0.667 bits per heavy atom. The lowest BCUT2D eigenvalue weighted by Gasteiger charge is -2.52. The highest BCUT2D eigenvalue weighted by atomic mass is 15.3. The first-order chi connectivity index (χ1) is 43.8. The van der Waals surface area contributed by atoms with E-state index in [1.165, 1.54) is 168 Å². The van der Waals surface area contributed by atoms with Crippen molar-refractivity contribution in [1.82, 2.24) is 0 Å². The van der Waals surface area contributed by atoms with Gasteiger partial charge in [0.05, 0.1) is 5.54 Å². The van der Waals surface area contributed by atoms with Crippen molar-refractivity contribution in [3.63, 3.8) is 0 Å². The van der Waals surface area contributed by atoms with E-state index >= 15 is 0 Å². The van der Waals surface area contributed by atoms with Gasteiger partial charge in [0.1, 0.15) is 0 Å². The molecule has 4 nitrogen and oxygen atoms in total. The van der Waals surface area contributed by atoms with Crippen LogP contribution >= 0.6 is 0 Å². The highest BCUT2D eigenvalue weighted by Crippen LogP contribution is 2.64. The van der Waals surface area contributed by atoms with Crippen LogP contribution in [0.4, 0.5) is 62.6 Å². The van der Waals surface area contributed by atoms with Gasteiger partial charge in [0.15, 0.2) is 0 Å². The molecule has 0 radical (unpaired) electrons. The number of fused-ring (bicyclic) bond motifs is 11. The zero-order valence-corrected chi connectivity index (χ0v) is 59.8. The van der Waals surface area contributed by atoms with Crippen molar-refractivity contribution in [2.45, 2.75) is 256 Å². The van der Waals surface area contributed by atoms with E-state index in [0.717, 1.165) is 38.5 Å². The third kappa shape index (κ3) is 8.80. The number of nitrogens with zero attached hydrogens (tertiary/aromatic N) is 4. The molecule has 0 amide bonds. The molecular formula is C88H103BN4. The van der Waals surface area contributed by atoms with E-state index in [9.17, 15) is 0 Å². The maximum atomic E-state index is 2.90. The van der Waals surface area contributed by atoms with Gasteiger partial charge >= 0.3 is 0 Å². The second-order valence-electron chi connectivity index (χ2n) is 36.3. The lowest BCUT2D eigenvalue weighted by Crippen LogP contribution is -2.62. The molecule has 0 aromatic heterocycles. The molecular weight excluding hydrogens is 1120 g/mol. The molecule has 5 aliphatic carbocycles. The molecule has 1 saturated carbocycles. The molecule has 8 aromatic carbocycles. The van der Waals surface area contributed by atoms with Crippen LogP contribution in [0, 0.1) is 0 Å². The number of rotatable bonds is 6. The molecule has 5 heteroatoms.